The van der Waals surface area contributed by atoms with Gasteiger partial charge in [0.05, 0.1) is 0 Å². The minimum atomic E-state index is 0.779. The fourth-order valence-electron chi connectivity index (χ4n) is 6.32. The van der Waals surface area contributed by atoms with Crippen molar-refractivity contribution in [1.82, 2.24) is 9.36 Å². The van der Waals surface area contributed by atoms with Crippen molar-refractivity contribution in [2.75, 3.05) is 0 Å². The minimum Gasteiger partial charge on any atom is -0.215 e. The predicted molar refractivity (Wildman–Crippen MR) is 182 cm³/mol. The Kier molecular flexibility index (Phi) is 5.27. The number of thiophene rings is 1. The van der Waals surface area contributed by atoms with Crippen LogP contribution in [0, 0.1) is 0 Å². The van der Waals surface area contributed by atoms with Crippen LogP contribution in [0.3, 0.4) is 0 Å². The molecule has 0 saturated heterocycles. The molecule has 0 unspecified atom stereocenters. The van der Waals surface area contributed by atoms with Crippen LogP contribution in [0.2, 0.25) is 0 Å². The molecule has 2 aromatic heterocycles. The molecule has 0 aliphatic heterocycles. The summed E-state index contributed by atoms with van der Waals surface area (Å²) in [7, 11) is 0. The molecule has 0 saturated carbocycles. The Bertz CT molecular complexity index is 2430. The largest absolute Gasteiger partial charge is 0.215 e. The molecule has 0 N–H and O–H groups in total. The fraction of sp³-hybridized carbons (Fsp3) is 0. The van der Waals surface area contributed by atoms with E-state index >= 15 is 0 Å². The summed E-state index contributed by atoms with van der Waals surface area (Å²) in [4.78, 5) is 5.17. The maximum atomic E-state index is 5.17. The lowest BCUT2D eigenvalue weighted by atomic mass is 9.88. The molecule has 2 nitrogen and oxygen atoms in total. The van der Waals surface area contributed by atoms with E-state index in [1.165, 1.54) is 75.1 Å². The second-order valence-electron chi connectivity index (χ2n) is 10.6. The van der Waals surface area contributed by atoms with Crippen molar-refractivity contribution in [2.45, 2.75) is 0 Å². The smallest absolute Gasteiger partial charge is 0.173 e. The summed E-state index contributed by atoms with van der Waals surface area (Å²) in [6.07, 6.45) is 0. The van der Waals surface area contributed by atoms with Gasteiger partial charge in [-0.2, -0.15) is 4.37 Å². The number of benzene rings is 7. The molecule has 0 bridgehead atoms. The minimum absolute atomic E-state index is 0.779. The van der Waals surface area contributed by atoms with Crippen molar-refractivity contribution in [3.8, 4) is 33.1 Å². The van der Waals surface area contributed by atoms with Crippen molar-refractivity contribution in [1.29, 1.82) is 0 Å². The Labute approximate surface area is 250 Å². The van der Waals surface area contributed by atoms with Crippen LogP contribution < -0.4 is 0 Å². The summed E-state index contributed by atoms with van der Waals surface area (Å²) in [5.41, 5.74) is 4.69. The van der Waals surface area contributed by atoms with Crippen molar-refractivity contribution in [3.63, 3.8) is 0 Å². The van der Waals surface area contributed by atoms with Crippen LogP contribution in [0.25, 0.3) is 85.6 Å². The van der Waals surface area contributed by atoms with Gasteiger partial charge in [0.25, 0.3) is 0 Å². The molecule has 7 aromatic carbocycles. The number of hydrogen-bond acceptors (Lipinski definition) is 4. The maximum absolute atomic E-state index is 5.17. The van der Waals surface area contributed by atoms with Crippen LogP contribution in [0.4, 0.5) is 0 Å². The zero-order chi connectivity index (χ0) is 27.6. The lowest BCUT2D eigenvalue weighted by Gasteiger charge is -2.16. The first-order valence-electron chi connectivity index (χ1n) is 14.0. The molecule has 0 aliphatic rings. The summed E-state index contributed by atoms with van der Waals surface area (Å²) in [6.45, 7) is 0. The molecular formula is C38H22N2S2. The van der Waals surface area contributed by atoms with Gasteiger partial charge in [0.1, 0.15) is 5.01 Å². The van der Waals surface area contributed by atoms with Gasteiger partial charge >= 0.3 is 0 Å². The number of aromatic nitrogens is 2. The van der Waals surface area contributed by atoms with E-state index in [1.54, 1.807) is 0 Å². The van der Waals surface area contributed by atoms with E-state index in [0.717, 1.165) is 22.0 Å². The van der Waals surface area contributed by atoms with E-state index in [0.29, 0.717) is 0 Å². The number of nitrogens with zero attached hydrogens (tertiary/aromatic N) is 2. The van der Waals surface area contributed by atoms with Gasteiger partial charge in [-0.25, -0.2) is 4.98 Å². The molecule has 42 heavy (non-hydrogen) atoms. The highest BCUT2D eigenvalue weighted by Crippen LogP contribution is 2.45. The summed E-state index contributed by atoms with van der Waals surface area (Å²) in [6, 6.07) is 48.1. The van der Waals surface area contributed by atoms with Gasteiger partial charge in [0, 0.05) is 31.3 Å². The maximum Gasteiger partial charge on any atom is 0.173 e. The number of hydrogen-bond donors (Lipinski definition) is 0. The lowest BCUT2D eigenvalue weighted by molar-refractivity contribution is 1.33. The fourth-order valence-corrected chi connectivity index (χ4v) is 8.22. The third-order valence-electron chi connectivity index (χ3n) is 8.25. The molecule has 0 spiro atoms. The van der Waals surface area contributed by atoms with Crippen LogP contribution in [-0.2, 0) is 0 Å². The van der Waals surface area contributed by atoms with Crippen molar-refractivity contribution in [2.24, 2.45) is 0 Å². The molecule has 9 rings (SSSR count). The standard InChI is InChI=1S/C38H22N2S2/c1-2-10-24-21-25(18-17-23(24)9-1)35-29-12-3-5-14-31(29)36(32-15-6-4-13-30(32)35)38-39-37(40-42-38)26-19-20-28-27-11-7-8-16-33(27)41-34(28)22-26/h1-22H. The van der Waals surface area contributed by atoms with Gasteiger partial charge in [-0.15, -0.1) is 11.3 Å². The monoisotopic (exact) mass is 570 g/mol. The Hall–Kier alpha value is -4.90. The quantitative estimate of drug-likeness (QED) is 0.197. The summed E-state index contributed by atoms with van der Waals surface area (Å²) < 4.78 is 7.46. The van der Waals surface area contributed by atoms with Gasteiger partial charge in [-0.3, -0.25) is 0 Å². The van der Waals surface area contributed by atoms with Crippen LogP contribution in [-0.4, -0.2) is 9.36 Å². The molecule has 9 aromatic rings. The van der Waals surface area contributed by atoms with E-state index in [2.05, 4.69) is 133 Å². The zero-order valence-electron chi connectivity index (χ0n) is 22.4. The first kappa shape index (κ1) is 23.8. The first-order valence-corrected chi connectivity index (χ1v) is 15.6. The van der Waals surface area contributed by atoms with E-state index in [4.69, 9.17) is 9.36 Å². The average Bonchev–Trinajstić information content (AvgIpc) is 3.68. The Morgan fingerprint density at radius 2 is 1.02 bits per heavy atom. The molecule has 0 atom stereocenters. The predicted octanol–water partition coefficient (Wildman–Crippen LogP) is 11.4. The molecular weight excluding hydrogens is 549 g/mol. The highest BCUT2D eigenvalue weighted by Gasteiger charge is 2.20. The molecule has 2 heterocycles. The van der Waals surface area contributed by atoms with Crippen molar-refractivity contribution >= 4 is 75.4 Å². The van der Waals surface area contributed by atoms with Crippen molar-refractivity contribution < 1.29 is 0 Å². The molecule has 0 aliphatic carbocycles. The highest BCUT2D eigenvalue weighted by molar-refractivity contribution is 7.25. The molecule has 4 heteroatoms. The normalized spacial score (nSPS) is 11.8. The lowest BCUT2D eigenvalue weighted by Crippen LogP contribution is -1.91. The van der Waals surface area contributed by atoms with E-state index < -0.39 is 0 Å². The van der Waals surface area contributed by atoms with Crippen LogP contribution >= 0.6 is 22.9 Å². The Balaban J connectivity index is 1.25. The zero-order valence-corrected chi connectivity index (χ0v) is 24.0. The molecule has 0 amide bonds. The third-order valence-corrected chi connectivity index (χ3v) is 10.1. The summed E-state index contributed by atoms with van der Waals surface area (Å²) in [5, 5.41) is 10.9. The Morgan fingerprint density at radius 1 is 0.429 bits per heavy atom. The summed E-state index contributed by atoms with van der Waals surface area (Å²) >= 11 is 3.31. The van der Waals surface area contributed by atoms with E-state index in [1.807, 2.05) is 11.3 Å². The number of fused-ring (bicyclic) bond motifs is 6. The van der Waals surface area contributed by atoms with Gasteiger partial charge in [0.2, 0.25) is 0 Å². The van der Waals surface area contributed by atoms with E-state index in [9.17, 15) is 0 Å². The first-order chi connectivity index (χ1) is 20.8. The molecule has 0 radical (unpaired) electrons. The van der Waals surface area contributed by atoms with Gasteiger partial charge in [0.15, 0.2) is 5.82 Å². The van der Waals surface area contributed by atoms with Crippen molar-refractivity contribution in [3.05, 3.63) is 133 Å². The van der Waals surface area contributed by atoms with Crippen LogP contribution in [0.15, 0.2) is 133 Å². The SMILES string of the molecule is c1ccc2cc(-c3c4ccccc4c(-c4nc(-c5ccc6c(c5)sc5ccccc56)ns4)c4ccccc34)ccc2c1. The van der Waals surface area contributed by atoms with Gasteiger partial charge in [-0.1, -0.05) is 115 Å². The van der Waals surface area contributed by atoms with Gasteiger partial charge < -0.3 is 0 Å². The van der Waals surface area contributed by atoms with E-state index in [-0.39, 0.29) is 0 Å². The number of rotatable bonds is 3. The average molecular weight is 571 g/mol. The Morgan fingerprint density at radius 3 is 1.79 bits per heavy atom. The third kappa shape index (κ3) is 3.63. The highest BCUT2D eigenvalue weighted by atomic mass is 32.1. The second-order valence-corrected chi connectivity index (χ2v) is 12.5. The molecule has 196 valence electrons. The molecule has 0 fully saturated rings. The topological polar surface area (TPSA) is 25.8 Å². The van der Waals surface area contributed by atoms with Crippen LogP contribution in [0.1, 0.15) is 0 Å². The summed E-state index contributed by atoms with van der Waals surface area (Å²) in [5.74, 6) is 0.779. The van der Waals surface area contributed by atoms with Crippen LogP contribution in [0.5, 0.6) is 0 Å². The second kappa shape index (κ2) is 9.31. The van der Waals surface area contributed by atoms with Gasteiger partial charge in [-0.05, 0) is 73.2 Å².